The number of imidazole rings is 1. The van der Waals surface area contributed by atoms with Gasteiger partial charge in [-0.05, 0) is 24.6 Å². The van der Waals surface area contributed by atoms with Gasteiger partial charge in [0.2, 0.25) is 5.95 Å². The fourth-order valence-corrected chi connectivity index (χ4v) is 2.55. The second kappa shape index (κ2) is 7.70. The van der Waals surface area contributed by atoms with Gasteiger partial charge in [-0.3, -0.25) is 0 Å². The fraction of sp³-hybridized carbons (Fsp3) is 0.278. The smallest absolute Gasteiger partial charge is 0.227 e. The maximum absolute atomic E-state index is 5.24. The molecule has 0 radical (unpaired) electrons. The Bertz CT molecular complexity index is 785. The zero-order valence-electron chi connectivity index (χ0n) is 13.9. The Morgan fingerprint density at radius 3 is 2.71 bits per heavy atom. The molecular weight excluding hydrogens is 302 g/mol. The zero-order valence-corrected chi connectivity index (χ0v) is 13.9. The van der Waals surface area contributed by atoms with E-state index in [0.29, 0.717) is 12.6 Å². The molecule has 0 saturated heterocycles. The summed E-state index contributed by atoms with van der Waals surface area (Å²) in [6.07, 6.45) is 4.62. The molecule has 6 nitrogen and oxygen atoms in total. The molecule has 0 unspecified atom stereocenters. The van der Waals surface area contributed by atoms with Crippen LogP contribution in [0.25, 0.3) is 11.4 Å². The number of nitrogens with zero attached hydrogens (tertiary/aromatic N) is 4. The topological polar surface area (TPSA) is 64.9 Å². The minimum atomic E-state index is 0.486. The van der Waals surface area contributed by atoms with Crippen molar-refractivity contribution < 1.29 is 4.74 Å². The number of hydrogen-bond donors (Lipinski definition) is 1. The molecule has 0 bridgehead atoms. The van der Waals surface area contributed by atoms with E-state index in [1.165, 1.54) is 0 Å². The number of para-hydroxylation sites is 1. The quantitative estimate of drug-likeness (QED) is 0.719. The third kappa shape index (κ3) is 3.60. The van der Waals surface area contributed by atoms with Gasteiger partial charge in [-0.1, -0.05) is 25.1 Å². The monoisotopic (exact) mass is 323 g/mol. The first-order valence-corrected chi connectivity index (χ1v) is 8.00. The average molecular weight is 323 g/mol. The lowest BCUT2D eigenvalue weighted by Crippen LogP contribution is -2.07. The van der Waals surface area contributed by atoms with E-state index in [1.54, 1.807) is 13.3 Å². The lowest BCUT2D eigenvalue weighted by atomic mass is 10.3. The first kappa shape index (κ1) is 16.1. The van der Waals surface area contributed by atoms with Crippen LogP contribution in [0.1, 0.15) is 19.2 Å². The molecule has 24 heavy (non-hydrogen) atoms. The number of ether oxygens (including phenoxy) is 1. The molecule has 0 saturated carbocycles. The summed E-state index contributed by atoms with van der Waals surface area (Å²) in [5.41, 5.74) is 2.77. The molecule has 124 valence electrons. The van der Waals surface area contributed by atoms with Gasteiger partial charge in [-0.25, -0.2) is 15.0 Å². The molecule has 0 aliphatic heterocycles. The molecule has 0 spiro atoms. The molecule has 0 fully saturated rings. The Labute approximate surface area is 141 Å². The molecule has 0 aliphatic carbocycles. The van der Waals surface area contributed by atoms with Crippen molar-refractivity contribution in [1.82, 2.24) is 19.5 Å². The van der Waals surface area contributed by atoms with Crippen LogP contribution in [0, 0.1) is 0 Å². The predicted molar refractivity (Wildman–Crippen MR) is 94.0 cm³/mol. The van der Waals surface area contributed by atoms with Crippen LogP contribution < -0.4 is 5.32 Å². The Kier molecular flexibility index (Phi) is 5.18. The van der Waals surface area contributed by atoms with Crippen LogP contribution in [-0.4, -0.2) is 26.6 Å². The van der Waals surface area contributed by atoms with Gasteiger partial charge in [-0.15, -0.1) is 0 Å². The number of rotatable bonds is 7. The standard InChI is InChI=1S/C18H21N5O/c1-3-11-23-16(12-20-17(23)13-24-2)15-9-10-19-18(22-15)21-14-7-5-4-6-8-14/h4-10,12H,3,11,13H2,1-2H3,(H,19,21,22). The molecular formula is C18H21N5O. The van der Waals surface area contributed by atoms with E-state index in [0.717, 1.165) is 35.9 Å². The van der Waals surface area contributed by atoms with E-state index in [-0.39, 0.29) is 0 Å². The molecule has 2 heterocycles. The van der Waals surface area contributed by atoms with E-state index in [1.807, 2.05) is 42.6 Å². The lowest BCUT2D eigenvalue weighted by molar-refractivity contribution is 0.174. The van der Waals surface area contributed by atoms with Gasteiger partial charge in [0.1, 0.15) is 12.4 Å². The van der Waals surface area contributed by atoms with Crippen LogP contribution >= 0.6 is 0 Å². The molecule has 1 N–H and O–H groups in total. The van der Waals surface area contributed by atoms with Gasteiger partial charge in [-0.2, -0.15) is 0 Å². The molecule has 6 heteroatoms. The van der Waals surface area contributed by atoms with Crippen LogP contribution in [0.4, 0.5) is 11.6 Å². The highest BCUT2D eigenvalue weighted by molar-refractivity contribution is 5.59. The summed E-state index contributed by atoms with van der Waals surface area (Å²) in [5, 5.41) is 3.22. The van der Waals surface area contributed by atoms with Crippen LogP contribution in [0.15, 0.2) is 48.8 Å². The average Bonchev–Trinajstić information content (AvgIpc) is 3.00. The van der Waals surface area contributed by atoms with E-state index in [9.17, 15) is 0 Å². The van der Waals surface area contributed by atoms with E-state index in [4.69, 9.17) is 4.74 Å². The number of aromatic nitrogens is 4. The summed E-state index contributed by atoms with van der Waals surface area (Å²) in [4.78, 5) is 13.4. The Hall–Kier alpha value is -2.73. The van der Waals surface area contributed by atoms with Gasteiger partial charge < -0.3 is 14.6 Å². The fourth-order valence-electron chi connectivity index (χ4n) is 2.55. The van der Waals surface area contributed by atoms with Crippen molar-refractivity contribution >= 4 is 11.6 Å². The third-order valence-corrected chi connectivity index (χ3v) is 3.61. The predicted octanol–water partition coefficient (Wildman–Crippen LogP) is 3.64. The highest BCUT2D eigenvalue weighted by Gasteiger charge is 2.13. The molecule has 0 aliphatic rings. The maximum Gasteiger partial charge on any atom is 0.227 e. The second-order valence-electron chi connectivity index (χ2n) is 5.40. The lowest BCUT2D eigenvalue weighted by Gasteiger charge is -2.11. The number of hydrogen-bond acceptors (Lipinski definition) is 5. The van der Waals surface area contributed by atoms with E-state index < -0.39 is 0 Å². The Morgan fingerprint density at radius 2 is 1.96 bits per heavy atom. The van der Waals surface area contributed by atoms with Crippen molar-refractivity contribution in [2.45, 2.75) is 26.5 Å². The van der Waals surface area contributed by atoms with Crippen LogP contribution in [0.2, 0.25) is 0 Å². The van der Waals surface area contributed by atoms with Crippen molar-refractivity contribution in [2.75, 3.05) is 12.4 Å². The molecule has 0 amide bonds. The normalized spacial score (nSPS) is 10.8. The van der Waals surface area contributed by atoms with Crippen molar-refractivity contribution in [3.05, 3.63) is 54.6 Å². The van der Waals surface area contributed by atoms with Crippen LogP contribution in [0.3, 0.4) is 0 Å². The first-order valence-electron chi connectivity index (χ1n) is 8.00. The third-order valence-electron chi connectivity index (χ3n) is 3.61. The Balaban J connectivity index is 1.91. The summed E-state index contributed by atoms with van der Waals surface area (Å²) in [7, 11) is 1.68. The Morgan fingerprint density at radius 1 is 1.12 bits per heavy atom. The largest absolute Gasteiger partial charge is 0.377 e. The minimum Gasteiger partial charge on any atom is -0.377 e. The van der Waals surface area contributed by atoms with Crippen LogP contribution in [0.5, 0.6) is 0 Å². The molecule has 1 aromatic carbocycles. The van der Waals surface area contributed by atoms with Gasteiger partial charge >= 0.3 is 0 Å². The molecule has 2 aromatic heterocycles. The van der Waals surface area contributed by atoms with Crippen molar-refractivity contribution in [2.24, 2.45) is 0 Å². The van der Waals surface area contributed by atoms with Gasteiger partial charge in [0, 0.05) is 25.5 Å². The molecule has 3 rings (SSSR count). The van der Waals surface area contributed by atoms with Crippen molar-refractivity contribution in [1.29, 1.82) is 0 Å². The summed E-state index contributed by atoms with van der Waals surface area (Å²) in [6.45, 7) is 3.50. The van der Waals surface area contributed by atoms with Gasteiger partial charge in [0.25, 0.3) is 0 Å². The number of nitrogens with one attached hydrogen (secondary N) is 1. The number of benzene rings is 1. The molecule has 0 atom stereocenters. The summed E-state index contributed by atoms with van der Waals surface area (Å²) in [6, 6.07) is 11.8. The number of anilines is 2. The van der Waals surface area contributed by atoms with Crippen molar-refractivity contribution in [3.63, 3.8) is 0 Å². The maximum atomic E-state index is 5.24. The van der Waals surface area contributed by atoms with Gasteiger partial charge in [0.15, 0.2) is 0 Å². The summed E-state index contributed by atoms with van der Waals surface area (Å²) < 4.78 is 7.39. The molecule has 3 aromatic rings. The SMILES string of the molecule is CCCn1c(-c2ccnc(Nc3ccccc3)n2)cnc1COC. The highest BCUT2D eigenvalue weighted by Crippen LogP contribution is 2.21. The van der Waals surface area contributed by atoms with Crippen LogP contribution in [-0.2, 0) is 17.9 Å². The first-order chi connectivity index (χ1) is 11.8. The zero-order chi connectivity index (χ0) is 16.8. The summed E-state index contributed by atoms with van der Waals surface area (Å²) in [5.74, 6) is 1.47. The highest BCUT2D eigenvalue weighted by atomic mass is 16.5. The van der Waals surface area contributed by atoms with Crippen molar-refractivity contribution in [3.8, 4) is 11.4 Å². The second-order valence-corrected chi connectivity index (χ2v) is 5.40. The minimum absolute atomic E-state index is 0.486. The van der Waals surface area contributed by atoms with E-state index >= 15 is 0 Å². The van der Waals surface area contributed by atoms with Gasteiger partial charge in [0.05, 0.1) is 17.6 Å². The summed E-state index contributed by atoms with van der Waals surface area (Å²) >= 11 is 0. The van der Waals surface area contributed by atoms with E-state index in [2.05, 4.69) is 31.8 Å². The number of methoxy groups -OCH3 is 1.